The molecule has 24 heavy (non-hydrogen) atoms. The first-order valence-electron chi connectivity index (χ1n) is 7.51. The molecular weight excluding hydrogens is 300 g/mol. The van der Waals surface area contributed by atoms with Crippen LogP contribution in [0.1, 0.15) is 27.3 Å². The number of benzene rings is 1. The van der Waals surface area contributed by atoms with Gasteiger partial charge in [-0.25, -0.2) is 5.43 Å². The van der Waals surface area contributed by atoms with Gasteiger partial charge in [0.25, 0.3) is 5.91 Å². The standard InChI is InChI=1S/C19H16N4O/c1-14-7-6-8-15(13-14)19(24)23-22-18(16-9-2-4-11-20-16)17-10-3-5-12-21-17/h2-13H,1H3,(H,23,24). The van der Waals surface area contributed by atoms with Gasteiger partial charge in [0.05, 0.1) is 11.4 Å². The quantitative estimate of drug-likeness (QED) is 0.594. The first kappa shape index (κ1) is 15.6. The summed E-state index contributed by atoms with van der Waals surface area (Å²) in [4.78, 5) is 20.9. The van der Waals surface area contributed by atoms with Gasteiger partial charge in [-0.05, 0) is 43.3 Å². The molecule has 1 N–H and O–H groups in total. The van der Waals surface area contributed by atoms with E-state index < -0.39 is 0 Å². The summed E-state index contributed by atoms with van der Waals surface area (Å²) in [6, 6.07) is 18.4. The molecule has 0 aliphatic rings. The van der Waals surface area contributed by atoms with Crippen molar-refractivity contribution in [2.75, 3.05) is 0 Å². The number of hydrazone groups is 1. The molecule has 3 aromatic rings. The zero-order valence-corrected chi connectivity index (χ0v) is 13.2. The van der Waals surface area contributed by atoms with E-state index in [0.717, 1.165) is 5.56 Å². The Morgan fingerprint density at radius 1 is 0.917 bits per heavy atom. The molecule has 0 aliphatic heterocycles. The van der Waals surface area contributed by atoms with Crippen molar-refractivity contribution in [3.05, 3.63) is 95.6 Å². The van der Waals surface area contributed by atoms with Gasteiger partial charge in [-0.2, -0.15) is 5.10 Å². The van der Waals surface area contributed by atoms with E-state index in [1.807, 2.05) is 61.5 Å². The largest absolute Gasteiger partial charge is 0.271 e. The summed E-state index contributed by atoms with van der Waals surface area (Å²) in [6.45, 7) is 1.94. The van der Waals surface area contributed by atoms with Gasteiger partial charge in [0.1, 0.15) is 5.71 Å². The number of hydrogen-bond donors (Lipinski definition) is 1. The Morgan fingerprint density at radius 3 is 2.12 bits per heavy atom. The molecule has 2 aromatic heterocycles. The van der Waals surface area contributed by atoms with Crippen molar-refractivity contribution < 1.29 is 4.79 Å². The van der Waals surface area contributed by atoms with Crippen molar-refractivity contribution in [1.29, 1.82) is 0 Å². The lowest BCUT2D eigenvalue weighted by atomic mass is 10.1. The van der Waals surface area contributed by atoms with Crippen LogP contribution < -0.4 is 5.43 Å². The predicted octanol–water partition coefficient (Wildman–Crippen LogP) is 2.97. The van der Waals surface area contributed by atoms with E-state index in [1.165, 1.54) is 0 Å². The summed E-state index contributed by atoms with van der Waals surface area (Å²) in [5.74, 6) is -0.275. The number of nitrogens with one attached hydrogen (secondary N) is 1. The van der Waals surface area contributed by atoms with Crippen LogP contribution in [0.3, 0.4) is 0 Å². The van der Waals surface area contributed by atoms with E-state index in [4.69, 9.17) is 0 Å². The zero-order chi connectivity index (χ0) is 16.8. The maximum Gasteiger partial charge on any atom is 0.271 e. The summed E-state index contributed by atoms with van der Waals surface area (Å²) < 4.78 is 0. The highest BCUT2D eigenvalue weighted by Crippen LogP contribution is 2.07. The van der Waals surface area contributed by atoms with E-state index in [2.05, 4.69) is 20.5 Å². The van der Waals surface area contributed by atoms with Crippen LogP contribution in [0.5, 0.6) is 0 Å². The van der Waals surface area contributed by atoms with Gasteiger partial charge in [0.2, 0.25) is 0 Å². The number of amides is 1. The van der Waals surface area contributed by atoms with Crippen molar-refractivity contribution in [1.82, 2.24) is 15.4 Å². The van der Waals surface area contributed by atoms with E-state index in [0.29, 0.717) is 22.7 Å². The summed E-state index contributed by atoms with van der Waals surface area (Å²) in [7, 11) is 0. The summed E-state index contributed by atoms with van der Waals surface area (Å²) in [5, 5.41) is 4.26. The van der Waals surface area contributed by atoms with Gasteiger partial charge in [0.15, 0.2) is 0 Å². The topological polar surface area (TPSA) is 67.2 Å². The van der Waals surface area contributed by atoms with Gasteiger partial charge in [0, 0.05) is 18.0 Å². The molecule has 0 radical (unpaired) electrons. The molecule has 0 atom stereocenters. The van der Waals surface area contributed by atoms with Crippen LogP contribution in [-0.2, 0) is 0 Å². The van der Waals surface area contributed by atoms with E-state index in [1.54, 1.807) is 18.5 Å². The fraction of sp³-hybridized carbons (Fsp3) is 0.0526. The fourth-order valence-corrected chi connectivity index (χ4v) is 2.21. The van der Waals surface area contributed by atoms with Gasteiger partial charge in [-0.15, -0.1) is 0 Å². The molecule has 0 aliphatic carbocycles. The maximum absolute atomic E-state index is 12.3. The third-order valence-corrected chi connectivity index (χ3v) is 3.36. The molecule has 5 nitrogen and oxygen atoms in total. The van der Waals surface area contributed by atoms with Gasteiger partial charge < -0.3 is 0 Å². The molecule has 0 saturated heterocycles. The number of carbonyl (C=O) groups excluding carboxylic acids is 1. The molecule has 0 fully saturated rings. The van der Waals surface area contributed by atoms with Crippen molar-refractivity contribution >= 4 is 11.6 Å². The number of aromatic nitrogens is 2. The Hall–Kier alpha value is -3.34. The lowest BCUT2D eigenvalue weighted by Crippen LogP contribution is -2.21. The number of carbonyl (C=O) groups is 1. The van der Waals surface area contributed by atoms with Crippen LogP contribution in [0.4, 0.5) is 0 Å². The normalized spacial score (nSPS) is 10.0. The Kier molecular flexibility index (Phi) is 4.72. The lowest BCUT2D eigenvalue weighted by molar-refractivity contribution is 0.0955. The van der Waals surface area contributed by atoms with E-state index in [9.17, 15) is 4.79 Å². The minimum atomic E-state index is -0.275. The Morgan fingerprint density at radius 2 is 1.58 bits per heavy atom. The smallest absolute Gasteiger partial charge is 0.267 e. The molecule has 118 valence electrons. The highest BCUT2D eigenvalue weighted by molar-refractivity contribution is 6.11. The number of nitrogens with zero attached hydrogens (tertiary/aromatic N) is 3. The van der Waals surface area contributed by atoms with Crippen LogP contribution >= 0.6 is 0 Å². The third kappa shape index (κ3) is 3.70. The molecular formula is C19H16N4O. The summed E-state index contributed by atoms with van der Waals surface area (Å²) in [6.07, 6.45) is 3.35. The van der Waals surface area contributed by atoms with Crippen LogP contribution in [0.25, 0.3) is 0 Å². The number of rotatable bonds is 4. The molecule has 0 bridgehead atoms. The Bertz CT molecular complexity index is 819. The molecule has 5 heteroatoms. The Labute approximate surface area is 140 Å². The molecule has 0 saturated carbocycles. The van der Waals surface area contributed by atoms with Crippen LogP contribution in [-0.4, -0.2) is 21.6 Å². The van der Waals surface area contributed by atoms with E-state index in [-0.39, 0.29) is 5.91 Å². The van der Waals surface area contributed by atoms with Crippen molar-refractivity contribution in [2.45, 2.75) is 6.92 Å². The minimum absolute atomic E-state index is 0.275. The average molecular weight is 316 g/mol. The Balaban J connectivity index is 1.91. The van der Waals surface area contributed by atoms with Crippen LogP contribution in [0.15, 0.2) is 78.2 Å². The van der Waals surface area contributed by atoms with Crippen molar-refractivity contribution in [3.8, 4) is 0 Å². The molecule has 1 aromatic carbocycles. The number of pyridine rings is 2. The molecule has 1 amide bonds. The SMILES string of the molecule is Cc1cccc(C(=O)NN=C(c2ccccn2)c2ccccn2)c1. The van der Waals surface area contributed by atoms with Gasteiger partial charge >= 0.3 is 0 Å². The maximum atomic E-state index is 12.3. The van der Waals surface area contributed by atoms with Crippen molar-refractivity contribution in [2.24, 2.45) is 5.10 Å². The lowest BCUT2D eigenvalue weighted by Gasteiger charge is -2.06. The first-order valence-corrected chi connectivity index (χ1v) is 7.51. The minimum Gasteiger partial charge on any atom is -0.267 e. The molecule has 0 spiro atoms. The van der Waals surface area contributed by atoms with Crippen LogP contribution in [0, 0.1) is 6.92 Å². The highest BCUT2D eigenvalue weighted by atomic mass is 16.2. The second-order valence-electron chi connectivity index (χ2n) is 5.20. The molecule has 0 unspecified atom stereocenters. The third-order valence-electron chi connectivity index (χ3n) is 3.36. The summed E-state index contributed by atoms with van der Waals surface area (Å²) in [5.41, 5.74) is 5.95. The monoisotopic (exact) mass is 316 g/mol. The predicted molar refractivity (Wildman–Crippen MR) is 92.8 cm³/mol. The van der Waals surface area contributed by atoms with Crippen molar-refractivity contribution in [3.63, 3.8) is 0 Å². The van der Waals surface area contributed by atoms with Gasteiger partial charge in [-0.1, -0.05) is 29.8 Å². The average Bonchev–Trinajstić information content (AvgIpc) is 2.63. The second kappa shape index (κ2) is 7.28. The second-order valence-corrected chi connectivity index (χ2v) is 5.20. The first-order chi connectivity index (χ1) is 11.7. The fourth-order valence-electron chi connectivity index (χ4n) is 2.21. The number of hydrogen-bond acceptors (Lipinski definition) is 4. The van der Waals surface area contributed by atoms with Crippen LogP contribution in [0.2, 0.25) is 0 Å². The zero-order valence-electron chi connectivity index (χ0n) is 13.2. The summed E-state index contributed by atoms with van der Waals surface area (Å²) >= 11 is 0. The molecule has 2 heterocycles. The highest BCUT2D eigenvalue weighted by Gasteiger charge is 2.11. The molecule has 3 rings (SSSR count). The van der Waals surface area contributed by atoms with Gasteiger partial charge in [-0.3, -0.25) is 14.8 Å². The number of aryl methyl sites for hydroxylation is 1. The van der Waals surface area contributed by atoms with E-state index >= 15 is 0 Å².